The first-order valence-electron chi connectivity index (χ1n) is 5.95. The van der Waals surface area contributed by atoms with Gasteiger partial charge in [-0.3, -0.25) is 4.79 Å². The van der Waals surface area contributed by atoms with Crippen LogP contribution in [0.4, 0.5) is 0 Å². The van der Waals surface area contributed by atoms with Gasteiger partial charge in [-0.25, -0.2) is 4.79 Å². The van der Waals surface area contributed by atoms with Gasteiger partial charge in [0.2, 0.25) is 6.41 Å². The van der Waals surface area contributed by atoms with E-state index in [1.54, 1.807) is 0 Å². The van der Waals surface area contributed by atoms with Gasteiger partial charge in [-0.2, -0.15) is 11.8 Å². The van der Waals surface area contributed by atoms with Crippen LogP contribution >= 0.6 is 11.8 Å². The third-order valence-corrected chi connectivity index (χ3v) is 4.05. The number of rotatable bonds is 7. The number of carbonyl (C=O) groups excluding carboxylic acids is 1. The monoisotopic (exact) mass is 281 g/mol. The van der Waals surface area contributed by atoms with Gasteiger partial charge in [-0.15, -0.1) is 0 Å². The lowest BCUT2D eigenvalue weighted by molar-refractivity contribution is -0.139. The summed E-state index contributed by atoms with van der Waals surface area (Å²) >= 11 is 1.47. The molecule has 0 fully saturated rings. The number of fused-ring (bicyclic) bond motifs is 1. The van der Waals surface area contributed by atoms with Gasteiger partial charge >= 0.3 is 5.97 Å². The Morgan fingerprint density at radius 2 is 2.37 bits per heavy atom. The van der Waals surface area contributed by atoms with Crippen molar-refractivity contribution in [2.24, 2.45) is 0 Å². The molecule has 102 valence electrons. The first kappa shape index (κ1) is 13.7. The average Bonchev–Trinajstić information content (AvgIpc) is 2.80. The zero-order valence-electron chi connectivity index (χ0n) is 10.2. The Balaban J connectivity index is 1.76. The van der Waals surface area contributed by atoms with Crippen LogP contribution in [-0.2, 0) is 16.0 Å². The lowest BCUT2D eigenvalue weighted by atomic mass is 10.1. The molecule has 0 bridgehead atoms. The maximum absolute atomic E-state index is 10.8. The fourth-order valence-electron chi connectivity index (χ4n) is 1.94. The number of amides is 1. The van der Waals surface area contributed by atoms with Gasteiger partial charge in [0.05, 0.1) is 0 Å². The molecule has 1 aromatic rings. The Morgan fingerprint density at radius 1 is 1.58 bits per heavy atom. The molecule has 0 aromatic heterocycles. The van der Waals surface area contributed by atoms with E-state index in [4.69, 9.17) is 9.84 Å². The number of nitrogens with one attached hydrogen (secondary N) is 1. The van der Waals surface area contributed by atoms with Gasteiger partial charge in [-0.05, 0) is 11.6 Å². The second-order valence-electron chi connectivity index (χ2n) is 4.26. The molecule has 1 amide bonds. The van der Waals surface area contributed by atoms with Crippen LogP contribution in [0.2, 0.25) is 0 Å². The molecule has 0 spiro atoms. The summed E-state index contributed by atoms with van der Waals surface area (Å²) in [6.45, 7) is 0. The average molecular weight is 281 g/mol. The molecule has 2 unspecified atom stereocenters. The van der Waals surface area contributed by atoms with Crippen LogP contribution in [0, 0.1) is 0 Å². The highest BCUT2D eigenvalue weighted by Gasteiger charge is 2.23. The predicted molar refractivity (Wildman–Crippen MR) is 72.5 cm³/mol. The molecule has 2 N–H and O–H groups in total. The van der Waals surface area contributed by atoms with Crippen LogP contribution in [0.25, 0.3) is 0 Å². The highest BCUT2D eigenvalue weighted by molar-refractivity contribution is 7.99. The van der Waals surface area contributed by atoms with Crippen LogP contribution in [-0.4, -0.2) is 41.1 Å². The van der Waals surface area contributed by atoms with Crippen molar-refractivity contribution in [1.82, 2.24) is 5.32 Å². The molecule has 1 aliphatic rings. The maximum atomic E-state index is 10.8. The van der Waals surface area contributed by atoms with Gasteiger partial charge in [0.15, 0.2) is 0 Å². The minimum absolute atomic E-state index is 0.0769. The van der Waals surface area contributed by atoms with Crippen LogP contribution in [0.3, 0.4) is 0 Å². The van der Waals surface area contributed by atoms with Gasteiger partial charge in [0.25, 0.3) is 0 Å². The number of carbonyl (C=O) groups is 2. The first-order valence-corrected chi connectivity index (χ1v) is 7.11. The van der Waals surface area contributed by atoms with E-state index in [1.807, 2.05) is 24.3 Å². The quantitative estimate of drug-likeness (QED) is 0.727. The summed E-state index contributed by atoms with van der Waals surface area (Å²) < 4.78 is 5.75. The first-order chi connectivity index (χ1) is 9.20. The summed E-state index contributed by atoms with van der Waals surface area (Å²) in [6.07, 6.45) is 1.34. The molecule has 2 atom stereocenters. The standard InChI is InChI=1S/C13H15NO4S/c15-8-14-11(13(16)17)7-19-6-10-5-9-3-1-2-4-12(9)18-10/h1-4,8,10-11H,5-7H2,(H,14,15)(H,16,17). The molecule has 19 heavy (non-hydrogen) atoms. The zero-order chi connectivity index (χ0) is 13.7. The summed E-state index contributed by atoms with van der Waals surface area (Å²) in [4.78, 5) is 21.1. The Morgan fingerprint density at radius 3 is 3.05 bits per heavy atom. The molecular formula is C13H15NO4S. The van der Waals surface area contributed by atoms with E-state index in [1.165, 1.54) is 17.3 Å². The predicted octanol–water partition coefficient (Wildman–Crippen LogP) is 0.922. The SMILES string of the molecule is O=CNC(CSCC1Cc2ccccc2O1)C(=O)O. The molecule has 0 aliphatic carbocycles. The summed E-state index contributed by atoms with van der Waals surface area (Å²) in [5.74, 6) is 0.938. The Kier molecular flexibility index (Phi) is 4.68. The van der Waals surface area contributed by atoms with Gasteiger partial charge < -0.3 is 15.2 Å². The molecular weight excluding hydrogens is 266 g/mol. The summed E-state index contributed by atoms with van der Waals surface area (Å²) in [6, 6.07) is 7.04. The highest BCUT2D eigenvalue weighted by atomic mass is 32.2. The van der Waals surface area contributed by atoms with Crippen molar-refractivity contribution in [3.05, 3.63) is 29.8 Å². The van der Waals surface area contributed by atoms with E-state index < -0.39 is 12.0 Å². The van der Waals surface area contributed by atoms with E-state index >= 15 is 0 Å². The van der Waals surface area contributed by atoms with Crippen molar-refractivity contribution in [1.29, 1.82) is 0 Å². The number of hydrogen-bond acceptors (Lipinski definition) is 4. The number of para-hydroxylation sites is 1. The summed E-state index contributed by atoms with van der Waals surface area (Å²) in [5.41, 5.74) is 1.19. The molecule has 0 saturated carbocycles. The van der Waals surface area contributed by atoms with Crippen LogP contribution < -0.4 is 10.1 Å². The van der Waals surface area contributed by atoms with E-state index in [-0.39, 0.29) is 6.10 Å². The molecule has 2 rings (SSSR count). The molecule has 5 nitrogen and oxygen atoms in total. The highest BCUT2D eigenvalue weighted by Crippen LogP contribution is 2.29. The number of benzene rings is 1. The van der Waals surface area contributed by atoms with Gasteiger partial charge in [-0.1, -0.05) is 18.2 Å². The van der Waals surface area contributed by atoms with E-state index in [0.29, 0.717) is 17.9 Å². The van der Waals surface area contributed by atoms with E-state index in [0.717, 1.165) is 12.2 Å². The molecule has 6 heteroatoms. The van der Waals surface area contributed by atoms with Gasteiger partial charge in [0.1, 0.15) is 17.9 Å². The molecule has 0 saturated heterocycles. The Labute approximate surface area is 115 Å². The second kappa shape index (κ2) is 6.47. The van der Waals surface area contributed by atoms with Crippen molar-refractivity contribution in [2.75, 3.05) is 11.5 Å². The second-order valence-corrected chi connectivity index (χ2v) is 5.34. The van der Waals surface area contributed by atoms with Gasteiger partial charge in [0, 0.05) is 17.9 Å². The van der Waals surface area contributed by atoms with E-state index in [9.17, 15) is 9.59 Å². The minimum Gasteiger partial charge on any atom is -0.489 e. The van der Waals surface area contributed by atoms with Crippen molar-refractivity contribution >= 4 is 24.1 Å². The van der Waals surface area contributed by atoms with Crippen molar-refractivity contribution < 1.29 is 19.4 Å². The third kappa shape index (κ3) is 3.64. The molecule has 0 radical (unpaired) electrons. The number of aliphatic carboxylic acids is 1. The van der Waals surface area contributed by atoms with Crippen molar-refractivity contribution in [2.45, 2.75) is 18.6 Å². The van der Waals surface area contributed by atoms with Crippen LogP contribution in [0.15, 0.2) is 24.3 Å². The fraction of sp³-hybridized carbons (Fsp3) is 0.385. The summed E-state index contributed by atoms with van der Waals surface area (Å²) in [7, 11) is 0. The zero-order valence-corrected chi connectivity index (χ0v) is 11.1. The van der Waals surface area contributed by atoms with Crippen LogP contribution in [0.5, 0.6) is 5.75 Å². The van der Waals surface area contributed by atoms with Crippen LogP contribution in [0.1, 0.15) is 5.56 Å². The van der Waals surface area contributed by atoms with E-state index in [2.05, 4.69) is 5.32 Å². The number of carboxylic acids is 1. The lowest BCUT2D eigenvalue weighted by Crippen LogP contribution is -2.38. The fourth-order valence-corrected chi connectivity index (χ4v) is 3.00. The molecule has 1 heterocycles. The number of carboxylic acid groups (broad SMARTS) is 1. The van der Waals surface area contributed by atoms with Crippen molar-refractivity contribution in [3.63, 3.8) is 0 Å². The smallest absolute Gasteiger partial charge is 0.327 e. The third-order valence-electron chi connectivity index (χ3n) is 2.87. The molecule has 1 aromatic carbocycles. The van der Waals surface area contributed by atoms with Crippen molar-refractivity contribution in [3.8, 4) is 5.75 Å². The molecule has 1 aliphatic heterocycles. The Hall–Kier alpha value is -1.69. The largest absolute Gasteiger partial charge is 0.489 e. The normalized spacial score (nSPS) is 18.2. The topological polar surface area (TPSA) is 75.6 Å². The maximum Gasteiger partial charge on any atom is 0.327 e. The summed E-state index contributed by atoms with van der Waals surface area (Å²) in [5, 5.41) is 11.2. The lowest BCUT2D eigenvalue weighted by Gasteiger charge is -2.13. The number of hydrogen-bond donors (Lipinski definition) is 2. The number of thioether (sulfide) groups is 1. The minimum atomic E-state index is -1.02. The number of ether oxygens (including phenoxy) is 1. The Bertz CT molecular complexity index is 441.